The molecule has 1 amide bonds. The number of amides is 1. The van der Waals surface area contributed by atoms with Gasteiger partial charge >= 0.3 is 0 Å². The second-order valence-corrected chi connectivity index (χ2v) is 14.9. The average Bonchev–Trinajstić information content (AvgIpc) is 2.99. The smallest absolute Gasteiger partial charge is 0.264 e. The second kappa shape index (κ2) is 14.5. The van der Waals surface area contributed by atoms with Gasteiger partial charge in [0.25, 0.3) is 5.91 Å². The quantitative estimate of drug-likeness (QED) is 0.373. The van der Waals surface area contributed by atoms with Crippen LogP contribution in [-0.2, 0) is 37.3 Å². The zero-order chi connectivity index (χ0) is 31.3. The third-order valence-electron chi connectivity index (χ3n) is 9.62. The van der Waals surface area contributed by atoms with Crippen LogP contribution in [0.2, 0.25) is 5.02 Å². The molecule has 0 saturated heterocycles. The summed E-state index contributed by atoms with van der Waals surface area (Å²) in [5.41, 5.74) is 3.19. The first kappa shape index (κ1) is 33.3. The van der Waals surface area contributed by atoms with Gasteiger partial charge in [-0.3, -0.25) is 4.79 Å². The highest BCUT2D eigenvalue weighted by Crippen LogP contribution is 2.45. The summed E-state index contributed by atoms with van der Waals surface area (Å²) in [7, 11) is -2.19. The van der Waals surface area contributed by atoms with Crippen LogP contribution < -0.4 is 4.72 Å². The summed E-state index contributed by atoms with van der Waals surface area (Å²) in [4.78, 5) is 15.7. The molecule has 43 heavy (non-hydrogen) atoms. The van der Waals surface area contributed by atoms with Crippen molar-refractivity contribution in [2.24, 2.45) is 23.7 Å². The normalized spacial score (nSPS) is 34.3. The summed E-state index contributed by atoms with van der Waals surface area (Å²) in [5, 5.41) is -0.0635. The predicted octanol–water partition coefficient (Wildman–Crippen LogP) is 6.56. The van der Waals surface area contributed by atoms with Crippen LogP contribution >= 0.6 is 11.6 Å². The minimum Gasteiger partial charge on any atom is -0.491 e. The molecule has 236 valence electrons. The average molecular weight is 631 g/mol. The number of allylic oxidation sites excluding steroid dienone is 3. The first-order valence-electron chi connectivity index (χ1n) is 15.4. The molecule has 1 saturated carbocycles. The minimum atomic E-state index is -3.94. The molecule has 1 N–H and O–H groups in total. The SMILES string of the molecule is C=C/C1=C\C2=C(/C)OCc3ccc(Cl)cc3CCCCN2C[C@H]2[C@@H](C[C@H]2C)[C@@H](OC)/C=C/C[C@H](C)[C@@H](C)S(=O)(=O)NC1=O. The van der Waals surface area contributed by atoms with Crippen molar-refractivity contribution < 1.29 is 22.7 Å². The van der Waals surface area contributed by atoms with E-state index in [0.717, 1.165) is 50.0 Å². The van der Waals surface area contributed by atoms with E-state index in [9.17, 15) is 13.2 Å². The summed E-state index contributed by atoms with van der Waals surface area (Å²) in [6.45, 7) is 13.5. The topological polar surface area (TPSA) is 84.9 Å². The number of hydrogen-bond donors (Lipinski definition) is 1. The molecule has 1 aromatic carbocycles. The van der Waals surface area contributed by atoms with Gasteiger partial charge in [0.2, 0.25) is 10.0 Å². The fraction of sp³-hybridized carbons (Fsp3) is 0.559. The van der Waals surface area contributed by atoms with Crippen molar-refractivity contribution in [2.75, 3.05) is 20.2 Å². The number of methoxy groups -OCH3 is 1. The van der Waals surface area contributed by atoms with Crippen LogP contribution in [0.3, 0.4) is 0 Å². The number of ether oxygens (including phenoxy) is 2. The van der Waals surface area contributed by atoms with Crippen molar-refractivity contribution in [3.8, 4) is 0 Å². The molecule has 2 aliphatic heterocycles. The van der Waals surface area contributed by atoms with Gasteiger partial charge in [-0.15, -0.1) is 0 Å². The molecular weight excluding hydrogens is 584 g/mol. The molecule has 3 aliphatic rings. The van der Waals surface area contributed by atoms with Gasteiger partial charge in [-0.25, -0.2) is 13.1 Å². The standard InChI is InChI=1S/C34H47ClN2O5S/c1-7-26-19-32-24(4)42-21-28-14-15-29(35)18-27(28)12-8-9-16-37(32)20-31-23(3)17-30(31)33(41-6)13-10-11-22(2)25(5)43(39,40)36-34(26)38/h7,10,13-15,18-19,22-23,25,30-31,33H,1,8-9,11-12,16-17,20-21H2,2-6H3,(H,36,38)/b13-10+,26-19+,32-24-/t22-,23+,25+,30+,31+,33-/m0/s1. The molecule has 0 unspecified atom stereocenters. The van der Waals surface area contributed by atoms with Crippen molar-refractivity contribution in [3.63, 3.8) is 0 Å². The number of nitrogens with zero attached hydrogens (tertiary/aromatic N) is 1. The molecule has 1 aliphatic carbocycles. The van der Waals surface area contributed by atoms with Gasteiger partial charge < -0.3 is 14.4 Å². The van der Waals surface area contributed by atoms with Crippen molar-refractivity contribution >= 4 is 27.5 Å². The van der Waals surface area contributed by atoms with E-state index in [4.69, 9.17) is 21.1 Å². The van der Waals surface area contributed by atoms with E-state index in [-0.39, 0.29) is 17.6 Å². The molecule has 0 aromatic heterocycles. The Hall–Kier alpha value is -2.55. The van der Waals surface area contributed by atoms with Crippen LogP contribution in [0.25, 0.3) is 0 Å². The number of nitrogens with one attached hydrogen (secondary N) is 1. The van der Waals surface area contributed by atoms with Crippen molar-refractivity contribution in [3.05, 3.63) is 82.3 Å². The fourth-order valence-corrected chi connectivity index (χ4v) is 7.97. The van der Waals surface area contributed by atoms with Crippen LogP contribution in [0.4, 0.5) is 0 Å². The number of rotatable bonds is 2. The Morgan fingerprint density at radius 3 is 2.60 bits per heavy atom. The van der Waals surface area contributed by atoms with Crippen LogP contribution in [0.15, 0.2) is 66.1 Å². The van der Waals surface area contributed by atoms with Gasteiger partial charge in [-0.05, 0) is 99.0 Å². The molecule has 0 spiro atoms. The Morgan fingerprint density at radius 2 is 1.91 bits per heavy atom. The maximum absolute atomic E-state index is 13.4. The molecule has 0 bridgehead atoms. The number of benzene rings is 1. The molecule has 1 aromatic rings. The van der Waals surface area contributed by atoms with Crippen LogP contribution in [-0.4, -0.2) is 50.8 Å². The van der Waals surface area contributed by atoms with Gasteiger partial charge in [-0.1, -0.05) is 56.3 Å². The number of carbonyl (C=O) groups is 1. The zero-order valence-corrected chi connectivity index (χ0v) is 27.7. The Balaban J connectivity index is 1.80. The van der Waals surface area contributed by atoms with E-state index in [0.29, 0.717) is 41.6 Å². The molecular formula is C34H47ClN2O5S. The van der Waals surface area contributed by atoms with Gasteiger partial charge in [-0.2, -0.15) is 0 Å². The third kappa shape index (κ3) is 7.95. The summed E-state index contributed by atoms with van der Waals surface area (Å²) in [6.07, 6.45) is 11.6. The number of sulfonamides is 1. The second-order valence-electron chi connectivity index (χ2n) is 12.4. The Labute approximate surface area is 263 Å². The lowest BCUT2D eigenvalue weighted by Gasteiger charge is -2.48. The lowest BCUT2D eigenvalue weighted by Crippen LogP contribution is -2.48. The first-order chi connectivity index (χ1) is 20.4. The molecule has 0 radical (unpaired) electrons. The summed E-state index contributed by atoms with van der Waals surface area (Å²) in [6, 6.07) is 5.91. The van der Waals surface area contributed by atoms with E-state index in [2.05, 4.69) is 29.2 Å². The highest BCUT2D eigenvalue weighted by atomic mass is 35.5. The molecule has 7 nitrogen and oxygen atoms in total. The first-order valence-corrected chi connectivity index (χ1v) is 17.3. The number of aryl methyl sites for hydroxylation is 1. The predicted molar refractivity (Wildman–Crippen MR) is 173 cm³/mol. The Morgan fingerprint density at radius 1 is 1.14 bits per heavy atom. The highest BCUT2D eigenvalue weighted by Gasteiger charge is 2.43. The molecule has 4 rings (SSSR count). The van der Waals surface area contributed by atoms with Gasteiger partial charge in [0.1, 0.15) is 12.4 Å². The maximum atomic E-state index is 13.4. The van der Waals surface area contributed by atoms with Crippen LogP contribution in [0, 0.1) is 23.7 Å². The number of fused-ring (bicyclic) bond motifs is 3. The van der Waals surface area contributed by atoms with Crippen LogP contribution in [0.1, 0.15) is 64.5 Å². The fourth-order valence-electron chi connectivity index (χ4n) is 6.49. The third-order valence-corrected chi connectivity index (χ3v) is 11.8. The minimum absolute atomic E-state index is 0.0554. The van der Waals surface area contributed by atoms with E-state index in [1.165, 1.54) is 11.6 Å². The highest BCUT2D eigenvalue weighted by molar-refractivity contribution is 7.90. The monoisotopic (exact) mass is 630 g/mol. The number of hydrogen-bond acceptors (Lipinski definition) is 6. The zero-order valence-electron chi connectivity index (χ0n) is 26.1. The van der Waals surface area contributed by atoms with E-state index >= 15 is 0 Å². The molecule has 2 heterocycles. The lowest BCUT2D eigenvalue weighted by atomic mass is 9.63. The Kier molecular flexibility index (Phi) is 11.2. The largest absolute Gasteiger partial charge is 0.491 e. The summed E-state index contributed by atoms with van der Waals surface area (Å²) in [5.74, 6) is 0.981. The van der Waals surface area contributed by atoms with E-state index < -0.39 is 21.2 Å². The Bertz CT molecular complexity index is 1380. The van der Waals surface area contributed by atoms with Crippen molar-refractivity contribution in [2.45, 2.75) is 77.8 Å². The van der Waals surface area contributed by atoms with Crippen molar-refractivity contribution in [1.82, 2.24) is 9.62 Å². The lowest BCUT2D eigenvalue weighted by molar-refractivity contribution is -0.115. The van der Waals surface area contributed by atoms with Gasteiger partial charge in [0.05, 0.1) is 17.1 Å². The molecule has 1 fully saturated rings. The molecule has 9 heteroatoms. The number of carbonyl (C=O) groups excluding carboxylic acids is 1. The summed E-state index contributed by atoms with van der Waals surface area (Å²) < 4.78 is 41.2. The van der Waals surface area contributed by atoms with Crippen molar-refractivity contribution in [1.29, 1.82) is 0 Å². The van der Waals surface area contributed by atoms with Crippen LogP contribution in [0.5, 0.6) is 0 Å². The molecule has 6 atom stereocenters. The van der Waals surface area contributed by atoms with E-state index in [1.807, 2.05) is 38.1 Å². The van der Waals surface area contributed by atoms with Gasteiger partial charge in [0.15, 0.2) is 0 Å². The maximum Gasteiger partial charge on any atom is 0.264 e. The number of halogens is 1. The van der Waals surface area contributed by atoms with E-state index in [1.54, 1.807) is 20.1 Å². The van der Waals surface area contributed by atoms with Gasteiger partial charge in [0, 0.05) is 30.8 Å². The summed E-state index contributed by atoms with van der Waals surface area (Å²) >= 11 is 6.33.